The van der Waals surface area contributed by atoms with Crippen LogP contribution in [0, 0.1) is 0 Å². The fraction of sp³-hybridized carbons (Fsp3) is 0.184. The maximum absolute atomic E-state index is 2.51. The molecule has 0 aliphatic heterocycles. The molecule has 0 unspecified atom stereocenters. The van der Waals surface area contributed by atoms with Gasteiger partial charge in [-0.15, -0.1) is 0 Å². The number of anilines is 3. The molecule has 1 nitrogen and oxygen atoms in total. The molecule has 0 N–H and O–H groups in total. The Morgan fingerprint density at radius 2 is 1.18 bits per heavy atom. The summed E-state index contributed by atoms with van der Waals surface area (Å²) in [5, 5.41) is 2.52. The fourth-order valence-electron chi connectivity index (χ4n) is 8.89. The van der Waals surface area contributed by atoms with E-state index >= 15 is 0 Å². The maximum Gasteiger partial charge on any atom is 0.0546 e. The number of fused-ring (bicyclic) bond motifs is 4. The van der Waals surface area contributed by atoms with Crippen LogP contribution in [0.15, 0.2) is 158 Å². The highest BCUT2D eigenvalue weighted by Gasteiger charge is 2.37. The van der Waals surface area contributed by atoms with Crippen LogP contribution in [0.4, 0.5) is 17.1 Å². The lowest BCUT2D eigenvalue weighted by molar-refractivity contribution is 0.443. The van der Waals surface area contributed by atoms with Crippen molar-refractivity contribution in [3.05, 3.63) is 174 Å². The molecule has 2 aliphatic carbocycles. The second-order valence-corrected chi connectivity index (χ2v) is 14.8. The molecule has 50 heavy (non-hydrogen) atoms. The molecule has 0 bridgehead atoms. The van der Waals surface area contributed by atoms with Gasteiger partial charge in [0.25, 0.3) is 0 Å². The van der Waals surface area contributed by atoms with E-state index in [2.05, 4.69) is 176 Å². The molecular formula is C49H43N. The van der Waals surface area contributed by atoms with Crippen LogP contribution in [0.1, 0.15) is 68.6 Å². The summed E-state index contributed by atoms with van der Waals surface area (Å²) in [5.74, 6) is 0.671. The minimum absolute atomic E-state index is 0.145. The lowest BCUT2D eigenvalue weighted by Gasteiger charge is -2.31. The number of hydrogen-bond donors (Lipinski definition) is 0. The third kappa shape index (κ3) is 5.15. The molecule has 1 fully saturated rings. The van der Waals surface area contributed by atoms with Crippen molar-refractivity contribution in [3.63, 3.8) is 0 Å². The van der Waals surface area contributed by atoms with Gasteiger partial charge in [-0.25, -0.2) is 0 Å². The Labute approximate surface area is 296 Å². The van der Waals surface area contributed by atoms with Crippen LogP contribution in [-0.2, 0) is 5.41 Å². The van der Waals surface area contributed by atoms with Gasteiger partial charge in [-0.1, -0.05) is 161 Å². The highest BCUT2D eigenvalue weighted by molar-refractivity contribution is 6.05. The van der Waals surface area contributed by atoms with Gasteiger partial charge in [-0.05, 0) is 104 Å². The zero-order valence-corrected chi connectivity index (χ0v) is 29.1. The Kier molecular flexibility index (Phi) is 7.65. The SMILES string of the molecule is CC1(C)c2cc(N(c3ccc(C4CCCCC4)cc3)c3ccc4ccccc4c3-c3ccccc3)ccc2-c2c(-c3ccccc3)cccc21. The molecule has 1 saturated carbocycles. The second kappa shape index (κ2) is 12.5. The summed E-state index contributed by atoms with van der Waals surface area (Å²) in [6, 6.07) is 58.8. The van der Waals surface area contributed by atoms with Crippen molar-refractivity contribution in [3.8, 4) is 33.4 Å². The van der Waals surface area contributed by atoms with Crippen LogP contribution in [-0.4, -0.2) is 0 Å². The standard InChI is InChI=1S/C49H43N/c1-49(2)44-24-14-23-42(36-17-8-4-9-18-36)48(44)43-31-30-40(33-45(43)49)50(39-28-25-35(26-29-39)34-15-6-3-7-16-34)46-32-27-37-19-12-13-22-41(37)47(46)38-20-10-5-11-21-38/h4-5,8-14,17-34H,3,6-7,15-16H2,1-2H3. The van der Waals surface area contributed by atoms with Crippen LogP contribution in [0.5, 0.6) is 0 Å². The quantitative estimate of drug-likeness (QED) is 0.174. The number of nitrogens with zero attached hydrogens (tertiary/aromatic N) is 1. The van der Waals surface area contributed by atoms with Crippen LogP contribution in [0.3, 0.4) is 0 Å². The van der Waals surface area contributed by atoms with Crippen molar-refractivity contribution in [2.24, 2.45) is 0 Å². The molecule has 7 aromatic carbocycles. The van der Waals surface area contributed by atoms with Gasteiger partial charge in [0.1, 0.15) is 0 Å². The second-order valence-electron chi connectivity index (χ2n) is 14.8. The smallest absolute Gasteiger partial charge is 0.0546 e. The van der Waals surface area contributed by atoms with E-state index in [1.54, 1.807) is 0 Å². The third-order valence-corrected chi connectivity index (χ3v) is 11.5. The molecule has 7 aromatic rings. The van der Waals surface area contributed by atoms with E-state index in [-0.39, 0.29) is 5.41 Å². The Morgan fingerprint density at radius 3 is 1.94 bits per heavy atom. The summed E-state index contributed by atoms with van der Waals surface area (Å²) in [4.78, 5) is 2.51. The Hall–Kier alpha value is -5.40. The largest absolute Gasteiger partial charge is 0.310 e. The summed E-state index contributed by atoms with van der Waals surface area (Å²) >= 11 is 0. The van der Waals surface area contributed by atoms with Crippen LogP contribution in [0.25, 0.3) is 44.2 Å². The molecule has 1 heteroatoms. The summed E-state index contributed by atoms with van der Waals surface area (Å²) < 4.78 is 0. The summed E-state index contributed by atoms with van der Waals surface area (Å²) in [5.41, 5.74) is 15.4. The van der Waals surface area contributed by atoms with Gasteiger partial charge in [0, 0.05) is 22.4 Å². The third-order valence-electron chi connectivity index (χ3n) is 11.5. The van der Waals surface area contributed by atoms with E-state index in [4.69, 9.17) is 0 Å². The zero-order valence-electron chi connectivity index (χ0n) is 29.1. The molecule has 0 aromatic heterocycles. The first-order valence-electron chi connectivity index (χ1n) is 18.4. The van der Waals surface area contributed by atoms with Crippen LogP contribution >= 0.6 is 0 Å². The predicted molar refractivity (Wildman–Crippen MR) is 213 cm³/mol. The van der Waals surface area contributed by atoms with Crippen molar-refractivity contribution in [1.29, 1.82) is 0 Å². The lowest BCUT2D eigenvalue weighted by Crippen LogP contribution is -2.17. The molecule has 2 aliphatic rings. The molecule has 0 amide bonds. The Morgan fingerprint density at radius 1 is 0.500 bits per heavy atom. The molecule has 0 saturated heterocycles. The number of benzene rings is 7. The van der Waals surface area contributed by atoms with Gasteiger partial charge in [0.15, 0.2) is 0 Å². The monoisotopic (exact) mass is 645 g/mol. The van der Waals surface area contributed by atoms with E-state index in [1.807, 2.05) is 0 Å². The Balaban J connectivity index is 1.26. The highest BCUT2D eigenvalue weighted by atomic mass is 15.1. The zero-order chi connectivity index (χ0) is 33.7. The summed E-state index contributed by atoms with van der Waals surface area (Å²) in [6.07, 6.45) is 6.66. The lowest BCUT2D eigenvalue weighted by atomic mass is 9.81. The van der Waals surface area contributed by atoms with Crippen molar-refractivity contribution in [2.45, 2.75) is 57.3 Å². The van der Waals surface area contributed by atoms with Crippen molar-refractivity contribution < 1.29 is 0 Å². The molecule has 244 valence electrons. The minimum atomic E-state index is -0.145. The molecule has 0 heterocycles. The fourth-order valence-corrected chi connectivity index (χ4v) is 8.89. The van der Waals surface area contributed by atoms with E-state index in [0.717, 1.165) is 0 Å². The average molecular weight is 646 g/mol. The van der Waals surface area contributed by atoms with E-state index in [0.29, 0.717) is 5.92 Å². The van der Waals surface area contributed by atoms with Crippen LogP contribution in [0.2, 0.25) is 0 Å². The molecule has 0 radical (unpaired) electrons. The van der Waals surface area contributed by atoms with Gasteiger partial charge in [0.2, 0.25) is 0 Å². The van der Waals surface area contributed by atoms with E-state index in [9.17, 15) is 0 Å². The average Bonchev–Trinajstić information content (AvgIpc) is 3.41. The number of hydrogen-bond acceptors (Lipinski definition) is 1. The topological polar surface area (TPSA) is 3.24 Å². The van der Waals surface area contributed by atoms with Gasteiger partial charge >= 0.3 is 0 Å². The first kappa shape index (κ1) is 30.6. The van der Waals surface area contributed by atoms with Gasteiger partial charge in [-0.3, -0.25) is 0 Å². The van der Waals surface area contributed by atoms with E-state index < -0.39 is 0 Å². The van der Waals surface area contributed by atoms with Crippen LogP contribution < -0.4 is 4.90 Å². The van der Waals surface area contributed by atoms with Crippen molar-refractivity contribution >= 4 is 27.8 Å². The normalized spacial score (nSPS) is 15.1. The maximum atomic E-state index is 2.51. The first-order chi connectivity index (χ1) is 24.6. The molecular weight excluding hydrogens is 603 g/mol. The van der Waals surface area contributed by atoms with Gasteiger partial charge in [0.05, 0.1) is 5.69 Å². The first-order valence-corrected chi connectivity index (χ1v) is 18.4. The summed E-state index contributed by atoms with van der Waals surface area (Å²) in [7, 11) is 0. The minimum Gasteiger partial charge on any atom is -0.310 e. The summed E-state index contributed by atoms with van der Waals surface area (Å²) in [6.45, 7) is 4.79. The van der Waals surface area contributed by atoms with Crippen molar-refractivity contribution in [1.82, 2.24) is 0 Å². The molecule has 9 rings (SSSR count). The van der Waals surface area contributed by atoms with Gasteiger partial charge < -0.3 is 4.90 Å². The van der Waals surface area contributed by atoms with E-state index in [1.165, 1.54) is 110 Å². The van der Waals surface area contributed by atoms with Crippen molar-refractivity contribution in [2.75, 3.05) is 4.90 Å². The van der Waals surface area contributed by atoms with Gasteiger partial charge in [-0.2, -0.15) is 0 Å². The number of rotatable bonds is 6. The molecule has 0 atom stereocenters. The predicted octanol–water partition coefficient (Wildman–Crippen LogP) is 14.0. The molecule has 0 spiro atoms. The highest BCUT2D eigenvalue weighted by Crippen LogP contribution is 2.54. The Bertz CT molecular complexity index is 2310.